The lowest BCUT2D eigenvalue weighted by Gasteiger charge is -2.23. The number of hydrogen-bond donors (Lipinski definition) is 0. The van der Waals surface area contributed by atoms with Crippen molar-refractivity contribution in [3.8, 4) is 5.75 Å². The van der Waals surface area contributed by atoms with E-state index in [1.165, 1.54) is 5.56 Å². The monoisotopic (exact) mass is 325 g/mol. The highest BCUT2D eigenvalue weighted by Crippen LogP contribution is 2.23. The lowest BCUT2D eigenvalue weighted by Crippen LogP contribution is -2.24. The molecule has 0 aliphatic heterocycles. The summed E-state index contributed by atoms with van der Waals surface area (Å²) in [5, 5.41) is 0. The summed E-state index contributed by atoms with van der Waals surface area (Å²) < 4.78 is 5.76. The fraction of sp³-hybridized carbons (Fsp3) is 0.381. The summed E-state index contributed by atoms with van der Waals surface area (Å²) in [6.07, 6.45) is 1.09. The van der Waals surface area contributed by atoms with Gasteiger partial charge in [-0.1, -0.05) is 37.3 Å². The average Bonchev–Trinajstić information content (AvgIpc) is 2.57. The van der Waals surface area contributed by atoms with E-state index in [1.54, 1.807) is 6.92 Å². The van der Waals surface area contributed by atoms with Crippen molar-refractivity contribution < 1.29 is 9.53 Å². The summed E-state index contributed by atoms with van der Waals surface area (Å²) in [5.41, 5.74) is 3.12. The molecule has 3 nitrogen and oxygen atoms in total. The molecular weight excluding hydrogens is 298 g/mol. The van der Waals surface area contributed by atoms with Gasteiger partial charge in [0.05, 0.1) is 6.61 Å². The third kappa shape index (κ3) is 5.20. The number of hydrogen-bond acceptors (Lipinski definition) is 3. The minimum atomic E-state index is 0.0874. The Kier molecular flexibility index (Phi) is 7.01. The summed E-state index contributed by atoms with van der Waals surface area (Å²) in [4.78, 5) is 14.1. The van der Waals surface area contributed by atoms with Crippen molar-refractivity contribution in [3.05, 3.63) is 65.2 Å². The first kappa shape index (κ1) is 18.2. The van der Waals surface area contributed by atoms with Crippen LogP contribution in [0.3, 0.4) is 0 Å². The smallest absolute Gasteiger partial charge is 0.159 e. The van der Waals surface area contributed by atoms with E-state index in [-0.39, 0.29) is 5.78 Å². The van der Waals surface area contributed by atoms with Crippen molar-refractivity contribution in [2.75, 3.05) is 13.2 Å². The van der Waals surface area contributed by atoms with E-state index >= 15 is 0 Å². The third-order valence-electron chi connectivity index (χ3n) is 3.95. The summed E-state index contributed by atoms with van der Waals surface area (Å²) in [5.74, 6) is 0.959. The van der Waals surface area contributed by atoms with Crippen LogP contribution in [0.1, 0.15) is 48.7 Å². The van der Waals surface area contributed by atoms with Gasteiger partial charge in [-0.15, -0.1) is 0 Å². The van der Waals surface area contributed by atoms with E-state index in [4.69, 9.17) is 4.74 Å². The quantitative estimate of drug-likeness (QED) is 0.626. The van der Waals surface area contributed by atoms with Crippen LogP contribution < -0.4 is 4.74 Å². The number of ether oxygens (including phenoxy) is 1. The van der Waals surface area contributed by atoms with E-state index in [2.05, 4.69) is 36.1 Å². The number of benzene rings is 2. The van der Waals surface area contributed by atoms with Gasteiger partial charge in [-0.25, -0.2) is 0 Å². The minimum Gasteiger partial charge on any atom is -0.494 e. The Morgan fingerprint density at radius 1 is 1.04 bits per heavy atom. The van der Waals surface area contributed by atoms with E-state index in [9.17, 15) is 4.79 Å². The molecule has 0 fully saturated rings. The third-order valence-corrected chi connectivity index (χ3v) is 3.95. The highest BCUT2D eigenvalue weighted by atomic mass is 16.5. The summed E-state index contributed by atoms with van der Waals surface area (Å²) >= 11 is 0. The molecule has 2 rings (SSSR count). The molecule has 0 N–H and O–H groups in total. The predicted octanol–water partition coefficient (Wildman–Crippen LogP) is 4.70. The van der Waals surface area contributed by atoms with Crippen LogP contribution in [0.2, 0.25) is 0 Å². The molecule has 128 valence electrons. The van der Waals surface area contributed by atoms with Gasteiger partial charge >= 0.3 is 0 Å². The van der Waals surface area contributed by atoms with Crippen LogP contribution in [-0.2, 0) is 13.1 Å². The molecule has 0 amide bonds. The van der Waals surface area contributed by atoms with Crippen molar-refractivity contribution in [2.24, 2.45) is 0 Å². The summed E-state index contributed by atoms with van der Waals surface area (Å²) in [7, 11) is 0. The van der Waals surface area contributed by atoms with Gasteiger partial charge in [0.25, 0.3) is 0 Å². The van der Waals surface area contributed by atoms with Crippen molar-refractivity contribution in [1.29, 1.82) is 0 Å². The van der Waals surface area contributed by atoms with Crippen LogP contribution in [0.4, 0.5) is 0 Å². The molecule has 0 aromatic heterocycles. The van der Waals surface area contributed by atoms with E-state index in [0.29, 0.717) is 6.61 Å². The second-order valence-corrected chi connectivity index (χ2v) is 6.01. The van der Waals surface area contributed by atoms with E-state index < -0.39 is 0 Å². The van der Waals surface area contributed by atoms with Crippen molar-refractivity contribution >= 4 is 5.78 Å². The first-order valence-corrected chi connectivity index (χ1v) is 8.67. The van der Waals surface area contributed by atoms with Crippen molar-refractivity contribution in [1.82, 2.24) is 4.90 Å². The van der Waals surface area contributed by atoms with Gasteiger partial charge in [0.1, 0.15) is 5.75 Å². The van der Waals surface area contributed by atoms with Crippen LogP contribution >= 0.6 is 0 Å². The van der Waals surface area contributed by atoms with Crippen molar-refractivity contribution in [2.45, 2.75) is 40.3 Å². The maximum absolute atomic E-state index is 11.7. The molecule has 0 saturated carbocycles. The normalized spacial score (nSPS) is 10.8. The molecule has 2 aromatic carbocycles. The largest absolute Gasteiger partial charge is 0.494 e. The molecule has 0 spiro atoms. The Hall–Kier alpha value is -2.13. The van der Waals surface area contributed by atoms with Gasteiger partial charge in [-0.3, -0.25) is 9.69 Å². The highest BCUT2D eigenvalue weighted by Gasteiger charge is 2.12. The topological polar surface area (TPSA) is 29.5 Å². The molecule has 0 heterocycles. The fourth-order valence-corrected chi connectivity index (χ4v) is 2.83. The standard InChI is InChI=1S/C21H27NO2/c1-4-13-22(15-18-9-7-6-8-10-18)16-20-14-19(17(3)23)11-12-21(20)24-5-2/h6-12,14H,4-5,13,15-16H2,1-3H3. The highest BCUT2D eigenvalue weighted by molar-refractivity contribution is 5.94. The lowest BCUT2D eigenvalue weighted by atomic mass is 10.1. The Morgan fingerprint density at radius 2 is 1.79 bits per heavy atom. The minimum absolute atomic E-state index is 0.0874. The van der Waals surface area contributed by atoms with Gasteiger partial charge in [0, 0.05) is 24.2 Å². The lowest BCUT2D eigenvalue weighted by molar-refractivity contribution is 0.101. The second kappa shape index (κ2) is 9.24. The van der Waals surface area contributed by atoms with Crippen molar-refractivity contribution in [3.63, 3.8) is 0 Å². The molecular formula is C21H27NO2. The fourth-order valence-electron chi connectivity index (χ4n) is 2.83. The van der Waals surface area contributed by atoms with Crippen LogP contribution in [0.15, 0.2) is 48.5 Å². The molecule has 0 aliphatic rings. The Morgan fingerprint density at radius 3 is 2.42 bits per heavy atom. The number of Topliss-reactive ketones (excluding diaryl/α,β-unsaturated/α-hetero) is 1. The van der Waals surface area contributed by atoms with E-state index in [1.807, 2.05) is 31.2 Å². The maximum atomic E-state index is 11.7. The summed E-state index contributed by atoms with van der Waals surface area (Å²) in [6.45, 7) is 9.07. The predicted molar refractivity (Wildman–Crippen MR) is 98.5 cm³/mol. The number of ketones is 1. The molecule has 0 bridgehead atoms. The van der Waals surface area contributed by atoms with Crippen LogP contribution in [0.5, 0.6) is 5.75 Å². The number of carbonyl (C=O) groups is 1. The Balaban J connectivity index is 2.23. The zero-order valence-electron chi connectivity index (χ0n) is 14.9. The molecule has 0 radical (unpaired) electrons. The summed E-state index contributed by atoms with van der Waals surface area (Å²) in [6, 6.07) is 16.2. The van der Waals surface area contributed by atoms with Gasteiger partial charge < -0.3 is 4.74 Å². The molecule has 3 heteroatoms. The van der Waals surface area contributed by atoms with Gasteiger partial charge in [0.2, 0.25) is 0 Å². The molecule has 0 saturated heterocycles. The van der Waals surface area contributed by atoms with Crippen LogP contribution in [-0.4, -0.2) is 23.8 Å². The van der Waals surface area contributed by atoms with Crippen LogP contribution in [0, 0.1) is 0 Å². The Bertz CT molecular complexity index is 652. The van der Waals surface area contributed by atoms with E-state index in [0.717, 1.165) is 42.9 Å². The van der Waals surface area contributed by atoms with Gasteiger partial charge in [-0.05, 0) is 50.6 Å². The molecule has 0 aliphatic carbocycles. The molecule has 0 unspecified atom stereocenters. The maximum Gasteiger partial charge on any atom is 0.159 e. The number of nitrogens with zero attached hydrogens (tertiary/aromatic N) is 1. The first-order valence-electron chi connectivity index (χ1n) is 8.67. The van der Waals surface area contributed by atoms with Gasteiger partial charge in [-0.2, -0.15) is 0 Å². The molecule has 24 heavy (non-hydrogen) atoms. The molecule has 2 aromatic rings. The Labute approximate surface area is 145 Å². The average molecular weight is 325 g/mol. The van der Waals surface area contributed by atoms with Crippen LogP contribution in [0.25, 0.3) is 0 Å². The zero-order chi connectivity index (χ0) is 17.4. The first-order chi connectivity index (χ1) is 11.6. The van der Waals surface area contributed by atoms with Gasteiger partial charge in [0.15, 0.2) is 5.78 Å². The SMILES string of the molecule is CCCN(Cc1ccccc1)Cc1cc(C(C)=O)ccc1OCC. The number of carbonyl (C=O) groups excluding carboxylic acids is 1. The number of rotatable bonds is 9. The zero-order valence-corrected chi connectivity index (χ0v) is 14.9. The second-order valence-electron chi connectivity index (χ2n) is 6.01. The molecule has 0 atom stereocenters.